The molecule has 0 amide bonds. The first-order chi connectivity index (χ1) is 12.6. The molecule has 1 heterocycles. The maximum Gasteiger partial charge on any atom is 0.338 e. The number of hydrogen-bond acceptors (Lipinski definition) is 4. The highest BCUT2D eigenvalue weighted by Crippen LogP contribution is 2.19. The lowest BCUT2D eigenvalue weighted by Crippen LogP contribution is -2.16. The maximum absolute atomic E-state index is 12.1. The van der Waals surface area contributed by atoms with Gasteiger partial charge in [0.2, 0.25) is 0 Å². The zero-order chi connectivity index (χ0) is 18.5. The van der Waals surface area contributed by atoms with E-state index in [0.29, 0.717) is 18.7 Å². The minimum atomic E-state index is -0.266. The Balaban J connectivity index is 1.92. The van der Waals surface area contributed by atoms with Crippen LogP contribution in [-0.2, 0) is 17.8 Å². The van der Waals surface area contributed by atoms with Crippen LogP contribution in [0.2, 0.25) is 0 Å². The number of carbonyl (C=O) groups is 1. The molecule has 0 radical (unpaired) electrons. The number of benzene rings is 2. The Labute approximate surface area is 154 Å². The lowest BCUT2D eigenvalue weighted by atomic mass is 10.1. The zero-order valence-electron chi connectivity index (χ0n) is 15.6. The number of fused-ring (bicyclic) bond motifs is 1. The summed E-state index contributed by atoms with van der Waals surface area (Å²) in [4.78, 5) is 19.0. The second-order valence-corrected chi connectivity index (χ2v) is 6.68. The van der Waals surface area contributed by atoms with E-state index in [9.17, 15) is 4.79 Å². The topological polar surface area (TPSA) is 47.4 Å². The van der Waals surface area contributed by atoms with Gasteiger partial charge in [0.1, 0.15) is 5.82 Å². The Bertz CT molecular complexity index is 899. The molecule has 3 rings (SSSR count). The monoisotopic (exact) mass is 351 g/mol. The highest BCUT2D eigenvalue weighted by atomic mass is 16.5. The molecule has 26 heavy (non-hydrogen) atoms. The van der Waals surface area contributed by atoms with Gasteiger partial charge in [-0.3, -0.25) is 0 Å². The minimum Gasteiger partial charge on any atom is -0.462 e. The van der Waals surface area contributed by atoms with Gasteiger partial charge in [-0.15, -0.1) is 0 Å². The molecule has 0 atom stereocenters. The zero-order valence-corrected chi connectivity index (χ0v) is 15.6. The summed E-state index contributed by atoms with van der Waals surface area (Å²) < 4.78 is 7.46. The van der Waals surface area contributed by atoms with Gasteiger partial charge in [-0.1, -0.05) is 31.2 Å². The summed E-state index contributed by atoms with van der Waals surface area (Å²) in [5.74, 6) is 0.743. The Morgan fingerprint density at radius 2 is 1.96 bits per heavy atom. The van der Waals surface area contributed by atoms with Crippen LogP contribution in [0.5, 0.6) is 0 Å². The predicted molar refractivity (Wildman–Crippen MR) is 103 cm³/mol. The summed E-state index contributed by atoms with van der Waals surface area (Å²) in [5.41, 5.74) is 3.74. The van der Waals surface area contributed by atoms with Crippen molar-refractivity contribution in [2.45, 2.75) is 26.4 Å². The van der Waals surface area contributed by atoms with Crippen molar-refractivity contribution in [2.75, 3.05) is 20.7 Å². The highest BCUT2D eigenvalue weighted by molar-refractivity contribution is 5.89. The third-order valence-electron chi connectivity index (χ3n) is 4.13. The molecule has 0 bridgehead atoms. The van der Waals surface area contributed by atoms with Crippen LogP contribution in [0.4, 0.5) is 0 Å². The van der Waals surface area contributed by atoms with E-state index in [4.69, 9.17) is 9.72 Å². The van der Waals surface area contributed by atoms with Gasteiger partial charge in [0.25, 0.3) is 0 Å². The smallest absolute Gasteiger partial charge is 0.338 e. The molecular formula is C21H25N3O2. The van der Waals surface area contributed by atoms with Gasteiger partial charge in [-0.2, -0.15) is 0 Å². The van der Waals surface area contributed by atoms with E-state index in [-0.39, 0.29) is 5.97 Å². The quantitative estimate of drug-likeness (QED) is 0.609. The molecule has 0 N–H and O–H groups in total. The lowest BCUT2D eigenvalue weighted by Gasteiger charge is -2.13. The van der Waals surface area contributed by atoms with E-state index in [1.165, 1.54) is 0 Å². The molecule has 2 aromatic carbocycles. The molecule has 5 heteroatoms. The summed E-state index contributed by atoms with van der Waals surface area (Å²) in [6.07, 6.45) is 0.820. The van der Waals surface area contributed by atoms with E-state index >= 15 is 0 Å². The summed E-state index contributed by atoms with van der Waals surface area (Å²) in [6, 6.07) is 15.8. The van der Waals surface area contributed by atoms with Crippen LogP contribution in [0, 0.1) is 0 Å². The Morgan fingerprint density at radius 3 is 2.73 bits per heavy atom. The highest BCUT2D eigenvalue weighted by Gasteiger charge is 2.13. The molecule has 0 spiro atoms. The molecule has 0 aliphatic carbocycles. The van der Waals surface area contributed by atoms with Crippen molar-refractivity contribution in [3.05, 3.63) is 65.5 Å². The van der Waals surface area contributed by atoms with E-state index in [1.807, 2.05) is 57.4 Å². The first-order valence-electron chi connectivity index (χ1n) is 8.93. The number of ether oxygens (including phenoxy) is 1. The average Bonchev–Trinajstić information content (AvgIpc) is 2.96. The van der Waals surface area contributed by atoms with Gasteiger partial charge >= 0.3 is 5.97 Å². The largest absolute Gasteiger partial charge is 0.462 e. The Hall–Kier alpha value is -2.66. The van der Waals surface area contributed by atoms with Crippen LogP contribution in [-0.4, -0.2) is 41.1 Å². The summed E-state index contributed by atoms with van der Waals surface area (Å²) in [6.45, 7) is 3.85. The fourth-order valence-corrected chi connectivity index (χ4v) is 2.96. The number of para-hydroxylation sites is 2. The molecule has 0 saturated carbocycles. The van der Waals surface area contributed by atoms with Crippen LogP contribution >= 0.6 is 0 Å². The number of esters is 1. The molecule has 0 saturated heterocycles. The SMILES string of the molecule is CCCOC(=O)c1cccc(Cn2c(CN(C)C)nc3ccccc32)c1. The normalized spacial score (nSPS) is 11.2. The molecule has 3 aromatic rings. The van der Waals surface area contributed by atoms with E-state index in [0.717, 1.165) is 35.4 Å². The maximum atomic E-state index is 12.1. The minimum absolute atomic E-state index is 0.266. The van der Waals surface area contributed by atoms with E-state index < -0.39 is 0 Å². The molecule has 0 aliphatic heterocycles. The standard InChI is InChI=1S/C21H25N3O2/c1-4-12-26-21(25)17-9-7-8-16(13-17)14-24-19-11-6-5-10-18(19)22-20(24)15-23(2)3/h5-11,13H,4,12,14-15H2,1-3H3. The second kappa shape index (κ2) is 8.15. The van der Waals surface area contributed by atoms with Gasteiger partial charge in [0, 0.05) is 6.54 Å². The van der Waals surface area contributed by atoms with Crippen molar-refractivity contribution in [1.29, 1.82) is 0 Å². The summed E-state index contributed by atoms with van der Waals surface area (Å²) in [7, 11) is 4.07. The van der Waals surface area contributed by atoms with Gasteiger partial charge in [-0.05, 0) is 50.3 Å². The molecule has 136 valence electrons. The van der Waals surface area contributed by atoms with Crippen molar-refractivity contribution in [1.82, 2.24) is 14.5 Å². The van der Waals surface area contributed by atoms with Crippen molar-refractivity contribution in [2.24, 2.45) is 0 Å². The van der Waals surface area contributed by atoms with Gasteiger partial charge < -0.3 is 14.2 Å². The van der Waals surface area contributed by atoms with Crippen molar-refractivity contribution in [3.63, 3.8) is 0 Å². The molecule has 0 unspecified atom stereocenters. The summed E-state index contributed by atoms with van der Waals surface area (Å²) >= 11 is 0. The number of aromatic nitrogens is 2. The predicted octanol–water partition coefficient (Wildman–Crippen LogP) is 3.71. The van der Waals surface area contributed by atoms with Gasteiger partial charge in [-0.25, -0.2) is 9.78 Å². The van der Waals surface area contributed by atoms with Gasteiger partial charge in [0.05, 0.1) is 29.7 Å². The molecule has 0 aliphatic rings. The van der Waals surface area contributed by atoms with Crippen LogP contribution in [0.1, 0.15) is 35.1 Å². The van der Waals surface area contributed by atoms with Gasteiger partial charge in [0.15, 0.2) is 0 Å². The Morgan fingerprint density at radius 1 is 1.15 bits per heavy atom. The Kier molecular flexibility index (Phi) is 5.68. The molecule has 1 aromatic heterocycles. The van der Waals surface area contributed by atoms with Crippen molar-refractivity contribution in [3.8, 4) is 0 Å². The first kappa shape index (κ1) is 18.1. The van der Waals surface area contributed by atoms with Crippen LogP contribution in [0.25, 0.3) is 11.0 Å². The fraction of sp³-hybridized carbons (Fsp3) is 0.333. The number of hydrogen-bond donors (Lipinski definition) is 0. The third-order valence-corrected chi connectivity index (χ3v) is 4.13. The third kappa shape index (κ3) is 4.11. The van der Waals surface area contributed by atoms with E-state index in [2.05, 4.69) is 15.5 Å². The number of carbonyl (C=O) groups excluding carboxylic acids is 1. The summed E-state index contributed by atoms with van der Waals surface area (Å²) in [5, 5.41) is 0. The lowest BCUT2D eigenvalue weighted by molar-refractivity contribution is 0.0505. The van der Waals surface area contributed by atoms with Crippen LogP contribution in [0.15, 0.2) is 48.5 Å². The van der Waals surface area contributed by atoms with Crippen LogP contribution < -0.4 is 0 Å². The number of nitrogens with zero attached hydrogens (tertiary/aromatic N) is 3. The first-order valence-corrected chi connectivity index (χ1v) is 8.93. The van der Waals surface area contributed by atoms with Crippen molar-refractivity contribution < 1.29 is 9.53 Å². The molecular weight excluding hydrogens is 326 g/mol. The van der Waals surface area contributed by atoms with Crippen LogP contribution in [0.3, 0.4) is 0 Å². The average molecular weight is 351 g/mol. The number of rotatable bonds is 7. The number of imidazole rings is 1. The van der Waals surface area contributed by atoms with E-state index in [1.54, 1.807) is 6.07 Å². The fourth-order valence-electron chi connectivity index (χ4n) is 2.96. The second-order valence-electron chi connectivity index (χ2n) is 6.68. The molecule has 0 fully saturated rings. The van der Waals surface area contributed by atoms with Crippen molar-refractivity contribution >= 4 is 17.0 Å². The molecule has 5 nitrogen and oxygen atoms in total.